The zero-order chi connectivity index (χ0) is 18.1. The van der Waals surface area contributed by atoms with Crippen molar-refractivity contribution >= 4 is 27.7 Å². The number of rotatable bonds is 4. The van der Waals surface area contributed by atoms with Gasteiger partial charge in [0.25, 0.3) is 5.91 Å². The number of aryl methyl sites for hydroxylation is 1. The van der Waals surface area contributed by atoms with Crippen molar-refractivity contribution in [1.29, 1.82) is 0 Å². The average molecular weight is 345 g/mol. The Morgan fingerprint density at radius 2 is 1.96 bits per heavy atom. The number of carbonyl (C=O) groups is 1. The summed E-state index contributed by atoms with van der Waals surface area (Å²) < 4.78 is 0. The number of aromatic nitrogens is 2. The Kier molecular flexibility index (Phi) is 4.14. The van der Waals surface area contributed by atoms with E-state index in [0.29, 0.717) is 5.56 Å². The van der Waals surface area contributed by atoms with E-state index in [2.05, 4.69) is 27.4 Å². The van der Waals surface area contributed by atoms with E-state index < -0.39 is 0 Å². The Bertz CT molecular complexity index is 1110. The summed E-state index contributed by atoms with van der Waals surface area (Å²) in [6.07, 6.45) is 1.82. The van der Waals surface area contributed by atoms with Crippen molar-refractivity contribution in [3.8, 4) is 11.1 Å². The smallest absolute Gasteiger partial charge is 0.251 e. The normalized spacial score (nSPS) is 11.2. The molecule has 26 heavy (non-hydrogen) atoms. The molecule has 0 spiro atoms. The molecule has 0 aliphatic rings. The second kappa shape index (κ2) is 6.61. The van der Waals surface area contributed by atoms with Crippen LogP contribution in [0.1, 0.15) is 16.1 Å². The van der Waals surface area contributed by atoms with Crippen molar-refractivity contribution in [2.75, 3.05) is 13.2 Å². The van der Waals surface area contributed by atoms with E-state index in [4.69, 9.17) is 5.11 Å². The maximum Gasteiger partial charge on any atom is 0.251 e. The number of aromatic amines is 1. The number of aliphatic hydroxyl groups is 1. The maximum atomic E-state index is 12.1. The van der Waals surface area contributed by atoms with Gasteiger partial charge in [-0.25, -0.2) is 0 Å². The Morgan fingerprint density at radius 3 is 2.81 bits per heavy atom. The van der Waals surface area contributed by atoms with E-state index >= 15 is 0 Å². The van der Waals surface area contributed by atoms with Gasteiger partial charge in [0.2, 0.25) is 0 Å². The van der Waals surface area contributed by atoms with Crippen molar-refractivity contribution in [3.63, 3.8) is 0 Å². The molecular formula is C21H19N3O2. The first-order valence-corrected chi connectivity index (χ1v) is 8.54. The van der Waals surface area contributed by atoms with E-state index in [1.165, 1.54) is 0 Å². The van der Waals surface area contributed by atoms with Gasteiger partial charge in [0, 0.05) is 34.6 Å². The molecule has 0 fully saturated rings. The number of hydrogen-bond donors (Lipinski definition) is 3. The molecule has 130 valence electrons. The van der Waals surface area contributed by atoms with Crippen LogP contribution in [-0.2, 0) is 0 Å². The predicted molar refractivity (Wildman–Crippen MR) is 103 cm³/mol. The molecule has 0 unspecified atom stereocenters. The molecule has 2 aromatic carbocycles. The molecule has 1 amide bonds. The minimum atomic E-state index is -0.184. The summed E-state index contributed by atoms with van der Waals surface area (Å²) in [5.74, 6) is -0.184. The summed E-state index contributed by atoms with van der Waals surface area (Å²) in [5, 5.41) is 13.8. The molecular weight excluding hydrogens is 326 g/mol. The van der Waals surface area contributed by atoms with Crippen molar-refractivity contribution in [2.45, 2.75) is 6.92 Å². The monoisotopic (exact) mass is 345 g/mol. The van der Waals surface area contributed by atoms with Crippen LogP contribution in [0.25, 0.3) is 32.9 Å². The Labute approximate surface area is 150 Å². The van der Waals surface area contributed by atoms with E-state index in [1.807, 2.05) is 43.5 Å². The molecule has 0 saturated heterocycles. The number of pyridine rings is 1. The van der Waals surface area contributed by atoms with Crippen LogP contribution >= 0.6 is 0 Å². The highest BCUT2D eigenvalue weighted by molar-refractivity contribution is 6.09. The van der Waals surface area contributed by atoms with Gasteiger partial charge in [-0.15, -0.1) is 0 Å². The first kappa shape index (κ1) is 16.3. The Balaban J connectivity index is 1.78. The number of fused-ring (bicyclic) bond motifs is 3. The molecule has 2 heterocycles. The number of carbonyl (C=O) groups excluding carboxylic acids is 1. The highest BCUT2D eigenvalue weighted by Gasteiger charge is 2.10. The van der Waals surface area contributed by atoms with Gasteiger partial charge in [-0.2, -0.15) is 0 Å². The minimum absolute atomic E-state index is 0.0725. The molecule has 0 bridgehead atoms. The number of amides is 1. The maximum absolute atomic E-state index is 12.1. The van der Waals surface area contributed by atoms with E-state index in [1.54, 1.807) is 6.07 Å². The molecule has 0 aliphatic heterocycles. The highest BCUT2D eigenvalue weighted by Crippen LogP contribution is 2.31. The fourth-order valence-corrected chi connectivity index (χ4v) is 3.25. The predicted octanol–water partition coefficient (Wildman–Crippen LogP) is 3.41. The van der Waals surface area contributed by atoms with Gasteiger partial charge in [0.1, 0.15) is 0 Å². The van der Waals surface area contributed by atoms with Crippen LogP contribution in [0.2, 0.25) is 0 Å². The van der Waals surface area contributed by atoms with Gasteiger partial charge < -0.3 is 15.4 Å². The van der Waals surface area contributed by atoms with Crippen LogP contribution in [0.4, 0.5) is 0 Å². The van der Waals surface area contributed by atoms with Crippen LogP contribution in [0.15, 0.2) is 54.7 Å². The quantitative estimate of drug-likeness (QED) is 0.530. The highest BCUT2D eigenvalue weighted by atomic mass is 16.3. The molecule has 5 nitrogen and oxygen atoms in total. The Morgan fingerprint density at radius 1 is 1.12 bits per heavy atom. The van der Waals surface area contributed by atoms with Crippen molar-refractivity contribution < 1.29 is 9.90 Å². The lowest BCUT2D eigenvalue weighted by Crippen LogP contribution is -2.26. The molecule has 0 atom stereocenters. The number of hydrogen-bond acceptors (Lipinski definition) is 3. The number of nitrogens with one attached hydrogen (secondary N) is 2. The molecule has 0 aliphatic carbocycles. The van der Waals surface area contributed by atoms with Gasteiger partial charge in [-0.3, -0.25) is 9.78 Å². The van der Waals surface area contributed by atoms with Gasteiger partial charge in [0.15, 0.2) is 0 Å². The second-order valence-electron chi connectivity index (χ2n) is 6.26. The number of aliphatic hydroxyl groups excluding tert-OH is 1. The van der Waals surface area contributed by atoms with Crippen molar-refractivity contribution in [1.82, 2.24) is 15.3 Å². The van der Waals surface area contributed by atoms with Crippen LogP contribution in [0.5, 0.6) is 0 Å². The summed E-state index contributed by atoms with van der Waals surface area (Å²) in [7, 11) is 0. The standard InChI is InChI=1S/C21H19N3O2/c1-13-20-17(7-8-22-13)18-12-15(5-6-19(18)24-20)14-3-2-4-16(11-14)21(26)23-9-10-25/h2-8,11-12,24-25H,9-10H2,1H3,(H,23,26). The van der Waals surface area contributed by atoms with Gasteiger partial charge >= 0.3 is 0 Å². The third kappa shape index (κ3) is 2.82. The third-order valence-corrected chi connectivity index (χ3v) is 4.57. The lowest BCUT2D eigenvalue weighted by atomic mass is 10.0. The molecule has 4 rings (SSSR count). The van der Waals surface area contributed by atoms with Crippen LogP contribution in [0, 0.1) is 6.92 Å². The minimum Gasteiger partial charge on any atom is -0.395 e. The third-order valence-electron chi connectivity index (χ3n) is 4.57. The van der Waals surface area contributed by atoms with E-state index in [-0.39, 0.29) is 19.1 Å². The Hall–Kier alpha value is -3.18. The lowest BCUT2D eigenvalue weighted by Gasteiger charge is -2.07. The SMILES string of the molecule is Cc1nccc2c1[nH]c1ccc(-c3cccc(C(=O)NCCO)c3)cc12. The summed E-state index contributed by atoms with van der Waals surface area (Å²) in [4.78, 5) is 19.9. The van der Waals surface area contributed by atoms with E-state index in [0.717, 1.165) is 38.6 Å². The van der Waals surface area contributed by atoms with E-state index in [9.17, 15) is 4.79 Å². The fourth-order valence-electron chi connectivity index (χ4n) is 3.25. The zero-order valence-electron chi connectivity index (χ0n) is 14.4. The zero-order valence-corrected chi connectivity index (χ0v) is 14.4. The van der Waals surface area contributed by atoms with Crippen molar-refractivity contribution in [2.24, 2.45) is 0 Å². The second-order valence-corrected chi connectivity index (χ2v) is 6.26. The van der Waals surface area contributed by atoms with Gasteiger partial charge in [0.05, 0.1) is 17.8 Å². The van der Waals surface area contributed by atoms with Gasteiger partial charge in [-0.05, 0) is 48.4 Å². The molecule has 3 N–H and O–H groups in total. The fraction of sp³-hybridized carbons (Fsp3) is 0.143. The van der Waals surface area contributed by atoms with Crippen LogP contribution in [0.3, 0.4) is 0 Å². The molecule has 0 saturated carbocycles. The molecule has 4 aromatic rings. The van der Waals surface area contributed by atoms with Crippen LogP contribution < -0.4 is 5.32 Å². The topological polar surface area (TPSA) is 78.0 Å². The molecule has 0 radical (unpaired) electrons. The molecule has 5 heteroatoms. The number of benzene rings is 2. The summed E-state index contributed by atoms with van der Waals surface area (Å²) in [6, 6.07) is 15.8. The summed E-state index contributed by atoms with van der Waals surface area (Å²) >= 11 is 0. The van der Waals surface area contributed by atoms with Crippen LogP contribution in [-0.4, -0.2) is 34.1 Å². The molecule has 2 aromatic heterocycles. The lowest BCUT2D eigenvalue weighted by molar-refractivity contribution is 0.0945. The number of H-pyrrole nitrogens is 1. The first-order chi connectivity index (χ1) is 12.7. The van der Waals surface area contributed by atoms with Gasteiger partial charge in [-0.1, -0.05) is 18.2 Å². The average Bonchev–Trinajstić information content (AvgIpc) is 3.05. The number of nitrogens with zero attached hydrogens (tertiary/aromatic N) is 1. The largest absolute Gasteiger partial charge is 0.395 e. The summed E-state index contributed by atoms with van der Waals surface area (Å²) in [6.45, 7) is 2.17. The summed E-state index contributed by atoms with van der Waals surface area (Å²) in [5.41, 5.74) is 5.69. The van der Waals surface area contributed by atoms with Crippen molar-refractivity contribution in [3.05, 3.63) is 66.0 Å². The first-order valence-electron chi connectivity index (χ1n) is 8.54.